The lowest BCUT2D eigenvalue weighted by atomic mass is 9.98. The monoisotopic (exact) mass is 434 g/mol. The first-order valence-corrected chi connectivity index (χ1v) is 11.4. The molecule has 2 aromatic rings. The number of carbonyl (C=O) groups excluding carboxylic acids is 2. The van der Waals surface area contributed by atoms with E-state index in [1.807, 2.05) is 0 Å². The third-order valence-electron chi connectivity index (χ3n) is 4.92. The maximum absolute atomic E-state index is 12.8. The summed E-state index contributed by atoms with van der Waals surface area (Å²) in [6.45, 7) is 2.00. The number of rotatable bonds is 6. The summed E-state index contributed by atoms with van der Waals surface area (Å²) >= 11 is 5.95. The largest absolute Gasteiger partial charge is 0.326 e. The number of anilines is 1. The molecule has 1 amide bonds. The quantitative estimate of drug-likeness (QED) is 0.702. The smallest absolute Gasteiger partial charge is 0.228 e. The van der Waals surface area contributed by atoms with Crippen LogP contribution in [0, 0.1) is 5.92 Å². The van der Waals surface area contributed by atoms with Gasteiger partial charge >= 0.3 is 0 Å². The molecule has 1 fully saturated rings. The predicted octanol–water partition coefficient (Wildman–Crippen LogP) is 3.72. The number of Topliss-reactive ketones (excluding diaryl/α,β-unsaturated/α-hetero) is 1. The third-order valence-corrected chi connectivity index (χ3v) is 6.97. The summed E-state index contributed by atoms with van der Waals surface area (Å²) in [7, 11) is -3.56. The molecule has 0 spiro atoms. The lowest BCUT2D eigenvalue weighted by Gasteiger charge is -2.31. The lowest BCUT2D eigenvalue weighted by Crippen LogP contribution is -2.44. The minimum atomic E-state index is -3.56. The van der Waals surface area contributed by atoms with Crippen LogP contribution in [0.25, 0.3) is 0 Å². The molecule has 0 aromatic heterocycles. The van der Waals surface area contributed by atoms with E-state index in [2.05, 4.69) is 5.32 Å². The second-order valence-corrected chi connectivity index (χ2v) is 9.61. The van der Waals surface area contributed by atoms with Crippen molar-refractivity contribution in [2.24, 2.45) is 5.92 Å². The van der Waals surface area contributed by atoms with Crippen LogP contribution in [0.4, 0.5) is 5.69 Å². The van der Waals surface area contributed by atoms with Gasteiger partial charge < -0.3 is 5.32 Å². The van der Waals surface area contributed by atoms with Gasteiger partial charge in [-0.25, -0.2) is 12.7 Å². The van der Waals surface area contributed by atoms with Crippen LogP contribution in [0.1, 0.15) is 35.7 Å². The topological polar surface area (TPSA) is 83.6 Å². The van der Waals surface area contributed by atoms with Crippen molar-refractivity contribution in [2.75, 3.05) is 18.4 Å². The molecule has 0 bridgehead atoms. The van der Waals surface area contributed by atoms with E-state index in [1.54, 1.807) is 48.5 Å². The highest BCUT2D eigenvalue weighted by Crippen LogP contribution is 2.24. The molecule has 1 aliphatic rings. The minimum Gasteiger partial charge on any atom is -0.326 e. The van der Waals surface area contributed by atoms with E-state index in [9.17, 15) is 18.0 Å². The van der Waals surface area contributed by atoms with Gasteiger partial charge in [-0.1, -0.05) is 35.9 Å². The number of ketones is 1. The Morgan fingerprint density at radius 3 is 2.66 bits per heavy atom. The van der Waals surface area contributed by atoms with Crippen LogP contribution in [-0.4, -0.2) is 37.5 Å². The molecule has 29 heavy (non-hydrogen) atoms. The first kappa shape index (κ1) is 21.5. The third kappa shape index (κ3) is 5.65. The van der Waals surface area contributed by atoms with Gasteiger partial charge in [-0.05, 0) is 49.6 Å². The number of carbonyl (C=O) groups is 2. The molecule has 3 rings (SSSR count). The first-order valence-electron chi connectivity index (χ1n) is 9.39. The number of nitrogens with zero attached hydrogens (tertiary/aromatic N) is 1. The molecular formula is C21H23ClN2O4S. The van der Waals surface area contributed by atoms with E-state index in [0.29, 0.717) is 41.2 Å². The molecule has 1 heterocycles. The number of halogens is 1. The molecule has 8 heteroatoms. The van der Waals surface area contributed by atoms with Crippen LogP contribution >= 0.6 is 11.6 Å². The van der Waals surface area contributed by atoms with E-state index < -0.39 is 15.9 Å². The van der Waals surface area contributed by atoms with Gasteiger partial charge in [-0.3, -0.25) is 9.59 Å². The summed E-state index contributed by atoms with van der Waals surface area (Å²) in [5.41, 5.74) is 1.66. The zero-order valence-corrected chi connectivity index (χ0v) is 17.7. The van der Waals surface area contributed by atoms with E-state index in [-0.39, 0.29) is 24.0 Å². The fourth-order valence-corrected chi connectivity index (χ4v) is 5.21. The van der Waals surface area contributed by atoms with Gasteiger partial charge in [0.1, 0.15) is 0 Å². The van der Waals surface area contributed by atoms with Crippen molar-refractivity contribution in [3.8, 4) is 0 Å². The number of hydrogen-bond acceptors (Lipinski definition) is 4. The van der Waals surface area contributed by atoms with Crippen molar-refractivity contribution >= 4 is 39.0 Å². The number of hydrogen-bond donors (Lipinski definition) is 1. The SMILES string of the molecule is CC(=O)c1cccc(NC(=O)[C@@H]2CCCN(S(=O)(=O)Cc3cccc(Cl)c3)C2)c1. The molecule has 1 atom stereocenters. The normalized spacial score (nSPS) is 17.7. The molecule has 1 saturated heterocycles. The van der Waals surface area contributed by atoms with Crippen LogP contribution < -0.4 is 5.32 Å². The Morgan fingerprint density at radius 1 is 1.17 bits per heavy atom. The highest BCUT2D eigenvalue weighted by molar-refractivity contribution is 7.88. The molecule has 1 aliphatic heterocycles. The van der Waals surface area contributed by atoms with E-state index in [0.717, 1.165) is 0 Å². The molecule has 0 unspecified atom stereocenters. The van der Waals surface area contributed by atoms with Gasteiger partial charge in [0.25, 0.3) is 0 Å². The van der Waals surface area contributed by atoms with Crippen molar-refractivity contribution in [2.45, 2.75) is 25.5 Å². The van der Waals surface area contributed by atoms with E-state index >= 15 is 0 Å². The molecule has 0 aliphatic carbocycles. The maximum Gasteiger partial charge on any atom is 0.228 e. The van der Waals surface area contributed by atoms with Crippen molar-refractivity contribution < 1.29 is 18.0 Å². The van der Waals surface area contributed by atoms with Gasteiger partial charge in [-0.2, -0.15) is 0 Å². The van der Waals surface area contributed by atoms with Crippen molar-refractivity contribution in [1.82, 2.24) is 4.31 Å². The Bertz CT molecular complexity index is 1020. The number of sulfonamides is 1. The average Bonchev–Trinajstić information content (AvgIpc) is 2.68. The zero-order chi connectivity index (χ0) is 21.0. The fraction of sp³-hybridized carbons (Fsp3) is 0.333. The Labute approximate surface area is 175 Å². The summed E-state index contributed by atoms with van der Waals surface area (Å²) in [6, 6.07) is 13.5. The highest BCUT2D eigenvalue weighted by Gasteiger charge is 2.32. The van der Waals surface area contributed by atoms with Crippen molar-refractivity contribution in [1.29, 1.82) is 0 Å². The Hall–Kier alpha value is -2.22. The second kappa shape index (κ2) is 9.07. The molecule has 154 valence electrons. The molecule has 0 radical (unpaired) electrons. The summed E-state index contributed by atoms with van der Waals surface area (Å²) < 4.78 is 27.0. The standard InChI is InChI=1S/C21H23ClN2O4S/c1-15(25)17-6-3-9-20(12-17)23-21(26)18-7-4-10-24(13-18)29(27,28)14-16-5-2-8-19(22)11-16/h2-3,5-6,8-9,11-12,18H,4,7,10,13-14H2,1H3,(H,23,26)/t18-/m1/s1. The molecule has 0 saturated carbocycles. The molecule has 1 N–H and O–H groups in total. The van der Waals surface area contributed by atoms with Gasteiger partial charge in [0, 0.05) is 29.4 Å². The van der Waals surface area contributed by atoms with E-state index in [4.69, 9.17) is 11.6 Å². The number of piperidine rings is 1. The Balaban J connectivity index is 1.67. The van der Waals surface area contributed by atoms with Crippen LogP contribution in [0.5, 0.6) is 0 Å². The van der Waals surface area contributed by atoms with Crippen molar-refractivity contribution in [3.63, 3.8) is 0 Å². The maximum atomic E-state index is 12.8. The minimum absolute atomic E-state index is 0.0861. The second-order valence-electron chi connectivity index (χ2n) is 7.21. The zero-order valence-electron chi connectivity index (χ0n) is 16.1. The van der Waals surface area contributed by atoms with Gasteiger partial charge in [0.05, 0.1) is 11.7 Å². The summed E-state index contributed by atoms with van der Waals surface area (Å²) in [4.78, 5) is 24.2. The number of nitrogens with one attached hydrogen (secondary N) is 1. The van der Waals surface area contributed by atoms with Gasteiger partial charge in [0.2, 0.25) is 15.9 Å². The van der Waals surface area contributed by atoms with Gasteiger partial charge in [0.15, 0.2) is 5.78 Å². The summed E-state index contributed by atoms with van der Waals surface area (Å²) in [5.74, 6) is -0.924. The predicted molar refractivity (Wildman–Crippen MR) is 113 cm³/mol. The first-order chi connectivity index (χ1) is 13.7. The van der Waals surface area contributed by atoms with Crippen LogP contribution in [0.2, 0.25) is 5.02 Å². The number of amides is 1. The average molecular weight is 435 g/mol. The Kier molecular flexibility index (Phi) is 6.72. The molecular weight excluding hydrogens is 412 g/mol. The van der Waals surface area contributed by atoms with E-state index in [1.165, 1.54) is 11.2 Å². The van der Waals surface area contributed by atoms with Crippen LogP contribution in [0.3, 0.4) is 0 Å². The fourth-order valence-electron chi connectivity index (χ4n) is 3.40. The summed E-state index contributed by atoms with van der Waals surface area (Å²) in [5, 5.41) is 3.29. The van der Waals surface area contributed by atoms with Crippen LogP contribution in [0.15, 0.2) is 48.5 Å². The van der Waals surface area contributed by atoms with Gasteiger partial charge in [-0.15, -0.1) is 0 Å². The van der Waals surface area contributed by atoms with Crippen molar-refractivity contribution in [3.05, 3.63) is 64.7 Å². The molecule has 6 nitrogen and oxygen atoms in total. The highest BCUT2D eigenvalue weighted by atomic mass is 35.5. The summed E-state index contributed by atoms with van der Waals surface area (Å²) in [6.07, 6.45) is 1.22. The lowest BCUT2D eigenvalue weighted by molar-refractivity contribution is -0.120. The Morgan fingerprint density at radius 2 is 1.93 bits per heavy atom. The molecule has 2 aromatic carbocycles. The van der Waals surface area contributed by atoms with Crippen LogP contribution in [-0.2, 0) is 20.6 Å². The number of benzene rings is 2.